The zero-order valence-electron chi connectivity index (χ0n) is 11.9. The molecule has 0 spiro atoms. The van der Waals surface area contributed by atoms with Gasteiger partial charge in [0, 0.05) is 10.9 Å². The van der Waals surface area contributed by atoms with E-state index in [2.05, 4.69) is 30.7 Å². The molecular weight excluding hydrogens is 292 g/mol. The highest BCUT2D eigenvalue weighted by atomic mass is 16.3. The first-order chi connectivity index (χ1) is 11.3. The third-order valence-corrected chi connectivity index (χ3v) is 3.37. The SMILES string of the molecule is Oc1cccc(C=NNc2nnc3c(n2)[nH]c2ccccc23)c1. The molecule has 0 saturated heterocycles. The quantitative estimate of drug-likeness (QED) is 0.399. The van der Waals surface area contributed by atoms with Gasteiger partial charge in [-0.25, -0.2) is 5.43 Å². The van der Waals surface area contributed by atoms with Crippen LogP contribution >= 0.6 is 0 Å². The Bertz CT molecular complexity index is 1020. The lowest BCUT2D eigenvalue weighted by Gasteiger charge is -1.97. The number of nitrogens with zero attached hydrogens (tertiary/aromatic N) is 4. The molecule has 0 atom stereocenters. The Morgan fingerprint density at radius 3 is 2.91 bits per heavy atom. The van der Waals surface area contributed by atoms with E-state index in [1.54, 1.807) is 24.4 Å². The minimum Gasteiger partial charge on any atom is -0.508 e. The van der Waals surface area contributed by atoms with Gasteiger partial charge in [-0.3, -0.25) is 0 Å². The van der Waals surface area contributed by atoms with E-state index < -0.39 is 0 Å². The lowest BCUT2D eigenvalue weighted by Crippen LogP contribution is -1.98. The predicted octanol–water partition coefficient (Wildman–Crippen LogP) is 2.66. The maximum Gasteiger partial charge on any atom is 0.265 e. The molecule has 2 aromatic carbocycles. The van der Waals surface area contributed by atoms with E-state index in [1.165, 1.54) is 0 Å². The minimum absolute atomic E-state index is 0.186. The lowest BCUT2D eigenvalue weighted by atomic mass is 10.2. The van der Waals surface area contributed by atoms with Crippen molar-refractivity contribution in [2.24, 2.45) is 5.10 Å². The van der Waals surface area contributed by atoms with Crippen molar-refractivity contribution in [3.05, 3.63) is 54.1 Å². The van der Waals surface area contributed by atoms with Crippen molar-refractivity contribution in [1.82, 2.24) is 20.2 Å². The standard InChI is InChI=1S/C16H12N6O/c23-11-5-3-4-10(8-11)9-17-21-16-19-15-14(20-22-16)12-6-1-2-7-13(12)18-15/h1-9,23H,(H2,18,19,21,22). The first-order valence-electron chi connectivity index (χ1n) is 6.99. The van der Waals surface area contributed by atoms with Crippen molar-refractivity contribution in [1.29, 1.82) is 0 Å². The van der Waals surface area contributed by atoms with Crippen LogP contribution in [0.4, 0.5) is 5.95 Å². The van der Waals surface area contributed by atoms with E-state index >= 15 is 0 Å². The topological polar surface area (TPSA) is 99.1 Å². The molecular formula is C16H12N6O. The fourth-order valence-corrected chi connectivity index (χ4v) is 2.34. The van der Waals surface area contributed by atoms with Gasteiger partial charge >= 0.3 is 0 Å². The van der Waals surface area contributed by atoms with Crippen LogP contribution in [0.5, 0.6) is 5.75 Å². The monoisotopic (exact) mass is 304 g/mol. The molecule has 0 aliphatic heterocycles. The Balaban J connectivity index is 1.61. The van der Waals surface area contributed by atoms with Crippen molar-refractivity contribution in [3.63, 3.8) is 0 Å². The summed E-state index contributed by atoms with van der Waals surface area (Å²) in [5, 5.41) is 22.6. The summed E-state index contributed by atoms with van der Waals surface area (Å²) in [5.74, 6) is 0.479. The van der Waals surface area contributed by atoms with Crippen LogP contribution < -0.4 is 5.43 Å². The van der Waals surface area contributed by atoms with Crippen LogP contribution in [0, 0.1) is 0 Å². The third-order valence-electron chi connectivity index (χ3n) is 3.37. The van der Waals surface area contributed by atoms with Gasteiger partial charge in [0.15, 0.2) is 5.65 Å². The number of aromatic amines is 1. The molecule has 0 fully saturated rings. The summed E-state index contributed by atoms with van der Waals surface area (Å²) in [6.07, 6.45) is 1.57. The molecule has 0 saturated carbocycles. The molecule has 7 heteroatoms. The Kier molecular flexibility index (Phi) is 3.09. The van der Waals surface area contributed by atoms with Crippen molar-refractivity contribution >= 4 is 34.2 Å². The highest BCUT2D eigenvalue weighted by Crippen LogP contribution is 2.21. The Hall–Kier alpha value is -3.48. The van der Waals surface area contributed by atoms with Crippen LogP contribution in [0.3, 0.4) is 0 Å². The van der Waals surface area contributed by atoms with Crippen LogP contribution in [0.15, 0.2) is 53.6 Å². The molecule has 4 aromatic rings. The van der Waals surface area contributed by atoms with Crippen LogP contribution in [0.1, 0.15) is 5.56 Å². The molecule has 0 amide bonds. The number of hydrazone groups is 1. The van der Waals surface area contributed by atoms with Gasteiger partial charge in [-0.15, -0.1) is 10.2 Å². The first-order valence-corrected chi connectivity index (χ1v) is 6.99. The number of aromatic hydroxyl groups is 1. The molecule has 0 aliphatic rings. The Morgan fingerprint density at radius 1 is 1.09 bits per heavy atom. The molecule has 0 bridgehead atoms. The van der Waals surface area contributed by atoms with Gasteiger partial charge in [-0.2, -0.15) is 10.1 Å². The van der Waals surface area contributed by atoms with Crippen molar-refractivity contribution < 1.29 is 5.11 Å². The van der Waals surface area contributed by atoms with Crippen molar-refractivity contribution in [2.75, 3.05) is 5.43 Å². The van der Waals surface area contributed by atoms with Gasteiger partial charge in [0.05, 0.1) is 6.21 Å². The van der Waals surface area contributed by atoms with Crippen LogP contribution in [0.25, 0.3) is 22.1 Å². The minimum atomic E-state index is 0.186. The van der Waals surface area contributed by atoms with Gasteiger partial charge in [0.1, 0.15) is 11.3 Å². The summed E-state index contributed by atoms with van der Waals surface area (Å²) in [7, 11) is 0. The molecule has 0 unspecified atom stereocenters. The number of nitrogens with one attached hydrogen (secondary N) is 2. The number of hydrogen-bond acceptors (Lipinski definition) is 6. The van der Waals surface area contributed by atoms with Crippen LogP contribution in [-0.4, -0.2) is 31.5 Å². The number of para-hydroxylation sites is 1. The zero-order valence-corrected chi connectivity index (χ0v) is 11.9. The average Bonchev–Trinajstić information content (AvgIpc) is 2.92. The van der Waals surface area contributed by atoms with Gasteiger partial charge < -0.3 is 10.1 Å². The second kappa shape index (κ2) is 5.38. The largest absolute Gasteiger partial charge is 0.508 e. The first kappa shape index (κ1) is 13.2. The van der Waals surface area contributed by atoms with E-state index in [1.807, 2.05) is 30.3 Å². The number of rotatable bonds is 3. The van der Waals surface area contributed by atoms with Crippen LogP contribution in [-0.2, 0) is 0 Å². The number of phenolic OH excluding ortho intramolecular Hbond substituents is 1. The summed E-state index contributed by atoms with van der Waals surface area (Å²) >= 11 is 0. The fraction of sp³-hybridized carbons (Fsp3) is 0. The molecule has 4 rings (SSSR count). The number of hydrogen-bond donors (Lipinski definition) is 3. The number of fused-ring (bicyclic) bond motifs is 3. The lowest BCUT2D eigenvalue weighted by molar-refractivity contribution is 0.475. The van der Waals surface area contributed by atoms with Gasteiger partial charge in [0.2, 0.25) is 0 Å². The molecule has 2 heterocycles. The second-order valence-electron chi connectivity index (χ2n) is 4.97. The Labute approximate surface area is 130 Å². The maximum absolute atomic E-state index is 9.40. The molecule has 7 nitrogen and oxygen atoms in total. The van der Waals surface area contributed by atoms with E-state index in [-0.39, 0.29) is 5.75 Å². The number of aromatic nitrogens is 4. The average molecular weight is 304 g/mol. The summed E-state index contributed by atoms with van der Waals surface area (Å²) in [6, 6.07) is 14.6. The predicted molar refractivity (Wildman–Crippen MR) is 88.5 cm³/mol. The summed E-state index contributed by atoms with van der Waals surface area (Å²) in [5.41, 5.74) is 5.83. The molecule has 0 aliphatic carbocycles. The van der Waals surface area contributed by atoms with E-state index in [4.69, 9.17) is 0 Å². The number of anilines is 1. The highest BCUT2D eigenvalue weighted by Gasteiger charge is 2.07. The number of benzene rings is 2. The van der Waals surface area contributed by atoms with E-state index in [0.717, 1.165) is 22.0 Å². The number of phenols is 1. The summed E-state index contributed by atoms with van der Waals surface area (Å²) < 4.78 is 0. The molecule has 3 N–H and O–H groups in total. The van der Waals surface area contributed by atoms with E-state index in [9.17, 15) is 5.11 Å². The van der Waals surface area contributed by atoms with Crippen LogP contribution in [0.2, 0.25) is 0 Å². The van der Waals surface area contributed by atoms with Gasteiger partial charge in [-0.1, -0.05) is 30.3 Å². The van der Waals surface area contributed by atoms with E-state index in [0.29, 0.717) is 11.6 Å². The molecule has 112 valence electrons. The van der Waals surface area contributed by atoms with Gasteiger partial charge in [0.25, 0.3) is 5.95 Å². The number of H-pyrrole nitrogens is 1. The van der Waals surface area contributed by atoms with Crippen molar-refractivity contribution in [3.8, 4) is 5.75 Å². The van der Waals surface area contributed by atoms with Crippen molar-refractivity contribution in [2.45, 2.75) is 0 Å². The molecule has 0 radical (unpaired) electrons. The second-order valence-corrected chi connectivity index (χ2v) is 4.97. The fourth-order valence-electron chi connectivity index (χ4n) is 2.34. The third kappa shape index (κ3) is 2.55. The highest BCUT2D eigenvalue weighted by molar-refractivity contribution is 6.03. The van der Waals surface area contributed by atoms with Gasteiger partial charge in [-0.05, 0) is 23.8 Å². The smallest absolute Gasteiger partial charge is 0.265 e. The maximum atomic E-state index is 9.40. The summed E-state index contributed by atoms with van der Waals surface area (Å²) in [4.78, 5) is 7.55. The molecule has 2 aromatic heterocycles. The molecule has 23 heavy (non-hydrogen) atoms. The Morgan fingerprint density at radius 2 is 2.00 bits per heavy atom. The summed E-state index contributed by atoms with van der Waals surface area (Å²) in [6.45, 7) is 0. The zero-order chi connectivity index (χ0) is 15.6. The normalized spacial score (nSPS) is 11.5.